The molecule has 1 fully saturated rings. The monoisotopic (exact) mass is 596 g/mol. The number of epoxide rings is 1. The number of thiocarbonyl (C=S) groups is 1. The molecule has 1 aliphatic heterocycles. The van der Waals surface area contributed by atoms with E-state index < -0.39 is 43.1 Å². The minimum absolute atomic E-state index is 0.0271. The number of hydrogen-bond acceptors (Lipinski definition) is 8. The summed E-state index contributed by atoms with van der Waals surface area (Å²) in [4.78, 5) is 0. The lowest BCUT2D eigenvalue weighted by Crippen LogP contribution is -2.23. The number of aromatic hydroxyl groups is 1. The van der Waals surface area contributed by atoms with Crippen molar-refractivity contribution in [3.05, 3.63) is 54.3 Å². The fourth-order valence-electron chi connectivity index (χ4n) is 4.46. The van der Waals surface area contributed by atoms with Crippen molar-refractivity contribution in [2.75, 3.05) is 0 Å². The largest absolute Gasteiger partial charge is 0.573 e. The Bertz CT molecular complexity index is 1420. The highest BCUT2D eigenvalue weighted by atomic mass is 32.1. The van der Waals surface area contributed by atoms with Gasteiger partial charge in [-0.1, -0.05) is 38.2 Å². The summed E-state index contributed by atoms with van der Waals surface area (Å²) >= 11 is 5.32. The fraction of sp³-hybridized carbons (Fsp3) is 0.444. The Morgan fingerprint density at radius 2 is 1.95 bits per heavy atom. The van der Waals surface area contributed by atoms with Gasteiger partial charge in [-0.25, -0.2) is 0 Å². The van der Waals surface area contributed by atoms with Gasteiger partial charge in [0.25, 0.3) is 0 Å². The lowest BCUT2D eigenvalue weighted by Gasteiger charge is -2.16. The van der Waals surface area contributed by atoms with Gasteiger partial charge < -0.3 is 39.0 Å². The van der Waals surface area contributed by atoms with E-state index in [2.05, 4.69) is 20.3 Å². The van der Waals surface area contributed by atoms with Gasteiger partial charge in [-0.3, -0.25) is 0 Å². The zero-order valence-electron chi connectivity index (χ0n) is 22.9. The number of azo groups is 1. The first-order valence-corrected chi connectivity index (χ1v) is 13.1. The van der Waals surface area contributed by atoms with Crippen molar-refractivity contribution in [2.24, 2.45) is 15.6 Å². The van der Waals surface area contributed by atoms with Gasteiger partial charge in [0, 0.05) is 16.5 Å². The fourth-order valence-corrected chi connectivity index (χ4v) is 4.62. The Balaban J connectivity index is 1.63. The predicted octanol–water partition coefficient (Wildman–Crippen LogP) is 6.24. The maximum absolute atomic E-state index is 12.9. The van der Waals surface area contributed by atoms with Gasteiger partial charge in [-0.15, -0.1) is 23.4 Å². The third-order valence-corrected chi connectivity index (χ3v) is 6.35. The van der Waals surface area contributed by atoms with Crippen LogP contribution in [0.25, 0.3) is 10.9 Å². The summed E-state index contributed by atoms with van der Waals surface area (Å²) in [6, 6.07) is 3.06. The number of benzene rings is 1. The molecule has 1 aromatic heterocycles. The molecule has 1 saturated heterocycles. The van der Waals surface area contributed by atoms with Crippen molar-refractivity contribution < 1.29 is 42.3 Å². The molecule has 2 aliphatic rings. The zero-order chi connectivity index (χ0) is 30.1. The van der Waals surface area contributed by atoms with Crippen LogP contribution in [-0.4, -0.2) is 51.2 Å². The Morgan fingerprint density at radius 1 is 1.22 bits per heavy atom. The lowest BCUT2D eigenvalue weighted by molar-refractivity contribution is -0.274. The normalized spacial score (nSPS) is 22.3. The Morgan fingerprint density at radius 3 is 2.63 bits per heavy atom. The van der Waals surface area contributed by atoms with Crippen molar-refractivity contribution in [3.63, 3.8) is 0 Å². The molecule has 5 unspecified atom stereocenters. The zero-order valence-corrected chi connectivity index (χ0v) is 23.7. The summed E-state index contributed by atoms with van der Waals surface area (Å²) in [5, 5.41) is 31.8. The van der Waals surface area contributed by atoms with Crippen molar-refractivity contribution in [1.82, 2.24) is 9.88 Å². The number of aromatic nitrogens is 1. The SMILES string of the molecule is CC(O)OC(C)OC1OC1C(C)n1c(O)c(N=NC(=S)NC2=CC(C)(C)C=CC=C2)c2cc(OC(F)(F)F)ccc21. The molecule has 0 amide bonds. The first kappa shape index (κ1) is 30.7. The molecule has 10 nitrogen and oxygen atoms in total. The molecular formula is C27H31F3N4O6S. The van der Waals surface area contributed by atoms with Gasteiger partial charge in [-0.2, -0.15) is 0 Å². The quantitative estimate of drug-likeness (QED) is 0.135. The topological polar surface area (TPSA) is 122 Å². The molecule has 2 aromatic rings. The van der Waals surface area contributed by atoms with Crippen LogP contribution in [0.15, 0.2) is 64.5 Å². The molecule has 0 spiro atoms. The van der Waals surface area contributed by atoms with Crippen LogP contribution in [0.2, 0.25) is 0 Å². The van der Waals surface area contributed by atoms with Crippen LogP contribution in [0.3, 0.4) is 0 Å². The summed E-state index contributed by atoms with van der Waals surface area (Å²) in [5.41, 5.74) is 0.667. The summed E-state index contributed by atoms with van der Waals surface area (Å²) in [7, 11) is 0. The average Bonchev–Trinajstić information content (AvgIpc) is 3.56. The molecule has 0 bridgehead atoms. The molecule has 0 saturated carbocycles. The lowest BCUT2D eigenvalue weighted by atomic mass is 9.92. The summed E-state index contributed by atoms with van der Waals surface area (Å²) < 4.78 is 60.7. The molecule has 3 N–H and O–H groups in total. The van der Waals surface area contributed by atoms with E-state index in [0.29, 0.717) is 11.2 Å². The summed E-state index contributed by atoms with van der Waals surface area (Å²) in [6.45, 7) is 8.79. The molecule has 0 radical (unpaired) electrons. The van der Waals surface area contributed by atoms with Crippen LogP contribution in [0.1, 0.15) is 40.7 Å². The van der Waals surface area contributed by atoms with Gasteiger partial charge in [0.05, 0.1) is 11.6 Å². The molecule has 5 atom stereocenters. The molecule has 222 valence electrons. The molecule has 41 heavy (non-hydrogen) atoms. The Kier molecular flexibility index (Phi) is 8.90. The maximum atomic E-state index is 12.9. The molecule has 1 aliphatic carbocycles. The highest BCUT2D eigenvalue weighted by Crippen LogP contribution is 2.46. The second kappa shape index (κ2) is 11.9. The van der Waals surface area contributed by atoms with Crippen LogP contribution in [-0.2, 0) is 14.2 Å². The minimum Gasteiger partial charge on any atom is -0.493 e. The number of aliphatic hydroxyl groups is 1. The smallest absolute Gasteiger partial charge is 0.493 e. The summed E-state index contributed by atoms with van der Waals surface area (Å²) in [5.74, 6) is -0.868. The van der Waals surface area contributed by atoms with Gasteiger partial charge in [0.2, 0.25) is 11.0 Å². The first-order valence-electron chi connectivity index (χ1n) is 12.7. The van der Waals surface area contributed by atoms with Crippen molar-refractivity contribution in [2.45, 2.75) is 72.0 Å². The average molecular weight is 597 g/mol. The number of aliphatic hydroxyl groups excluding tert-OH is 1. The van der Waals surface area contributed by atoms with Gasteiger partial charge in [-0.05, 0) is 57.3 Å². The van der Waals surface area contributed by atoms with E-state index in [1.807, 2.05) is 38.2 Å². The van der Waals surface area contributed by atoms with Gasteiger partial charge in [0.15, 0.2) is 24.6 Å². The number of fused-ring (bicyclic) bond motifs is 1. The number of allylic oxidation sites excluding steroid dienone is 5. The standard InChI is InChI=1S/C27H31F3N4O6S/c1-14(22-24(39-22)38-16(3)37-15(2)35)34-20-10-9-18(40-27(28,29)30)12-19(20)21(23(34)36)32-33-25(41)31-17-8-6-7-11-26(4,5)13-17/h6-16,22,24,35-36H,1-5H3,(H,31,41). The highest BCUT2D eigenvalue weighted by Gasteiger charge is 2.47. The number of alkyl halides is 3. The van der Waals surface area contributed by atoms with Crippen molar-refractivity contribution in [3.8, 4) is 11.6 Å². The van der Waals surface area contributed by atoms with Crippen LogP contribution in [0.5, 0.6) is 11.6 Å². The number of nitrogens with zero attached hydrogens (tertiary/aromatic N) is 3. The van der Waals surface area contributed by atoms with E-state index in [9.17, 15) is 23.4 Å². The molecular weight excluding hydrogens is 565 g/mol. The maximum Gasteiger partial charge on any atom is 0.573 e. The third-order valence-electron chi connectivity index (χ3n) is 6.17. The molecule has 14 heteroatoms. The highest BCUT2D eigenvalue weighted by molar-refractivity contribution is 7.80. The first-order chi connectivity index (χ1) is 19.1. The van der Waals surface area contributed by atoms with E-state index in [-0.39, 0.29) is 27.5 Å². The molecule has 1 aromatic carbocycles. The Labute approximate surface area is 239 Å². The predicted molar refractivity (Wildman–Crippen MR) is 147 cm³/mol. The van der Waals surface area contributed by atoms with E-state index in [4.69, 9.17) is 26.4 Å². The van der Waals surface area contributed by atoms with Crippen LogP contribution in [0, 0.1) is 5.41 Å². The van der Waals surface area contributed by atoms with Crippen molar-refractivity contribution in [1.29, 1.82) is 0 Å². The molecule has 4 rings (SSSR count). The summed E-state index contributed by atoms with van der Waals surface area (Å²) in [6.07, 6.45) is 1.53. The van der Waals surface area contributed by atoms with Crippen LogP contribution < -0.4 is 10.1 Å². The Hall–Kier alpha value is -3.30. The number of hydrogen-bond donors (Lipinski definition) is 3. The molecule has 2 heterocycles. The minimum atomic E-state index is -4.92. The number of halogens is 3. The van der Waals surface area contributed by atoms with E-state index >= 15 is 0 Å². The van der Waals surface area contributed by atoms with E-state index in [1.165, 1.54) is 17.6 Å². The van der Waals surface area contributed by atoms with Crippen molar-refractivity contribution >= 4 is 33.9 Å². The van der Waals surface area contributed by atoms with Crippen LogP contribution in [0.4, 0.5) is 18.9 Å². The van der Waals surface area contributed by atoms with Gasteiger partial charge in [0.1, 0.15) is 11.9 Å². The van der Waals surface area contributed by atoms with E-state index in [0.717, 1.165) is 12.1 Å². The van der Waals surface area contributed by atoms with E-state index in [1.54, 1.807) is 19.9 Å². The van der Waals surface area contributed by atoms with Crippen LogP contribution >= 0.6 is 12.2 Å². The van der Waals surface area contributed by atoms with Gasteiger partial charge >= 0.3 is 6.36 Å². The second-order valence-corrected chi connectivity index (χ2v) is 10.6. The second-order valence-electron chi connectivity index (χ2n) is 10.2. The number of nitrogens with one attached hydrogen (secondary N) is 1. The number of ether oxygens (including phenoxy) is 4. The number of rotatable bonds is 9. The third kappa shape index (κ3) is 7.92.